The van der Waals surface area contributed by atoms with Crippen molar-refractivity contribution in [3.63, 3.8) is 0 Å². The van der Waals surface area contributed by atoms with Gasteiger partial charge in [-0.15, -0.1) is 0 Å². The largest absolute Gasteiger partial charge is 0.480 e. The van der Waals surface area contributed by atoms with Crippen molar-refractivity contribution in [1.29, 1.82) is 0 Å². The summed E-state index contributed by atoms with van der Waals surface area (Å²) in [6.45, 7) is 6.15. The van der Waals surface area contributed by atoms with Crippen molar-refractivity contribution < 1.29 is 15.0 Å². The predicted octanol–water partition coefficient (Wildman–Crippen LogP) is 0.552. The first kappa shape index (κ1) is 12.4. The summed E-state index contributed by atoms with van der Waals surface area (Å²) in [4.78, 5) is 12.2. The van der Waals surface area contributed by atoms with Gasteiger partial charge >= 0.3 is 5.97 Å². The zero-order chi connectivity index (χ0) is 10.4. The van der Waals surface area contributed by atoms with Gasteiger partial charge in [0.05, 0.1) is 12.6 Å². The van der Waals surface area contributed by atoms with Crippen molar-refractivity contribution in [2.24, 2.45) is 0 Å². The summed E-state index contributed by atoms with van der Waals surface area (Å²) in [6.07, 6.45) is 0.227. The van der Waals surface area contributed by atoms with Gasteiger partial charge in [0.15, 0.2) is 0 Å². The normalized spacial score (nSPS) is 13.7. The monoisotopic (exact) mass is 189 g/mol. The van der Waals surface area contributed by atoms with E-state index in [9.17, 15) is 9.90 Å². The molecule has 0 aromatic carbocycles. The number of hydrogen-bond donors (Lipinski definition) is 2. The third-order valence-corrected chi connectivity index (χ3v) is 1.99. The molecular formula is C9H19NO3. The van der Waals surface area contributed by atoms with E-state index in [4.69, 9.17) is 5.11 Å². The van der Waals surface area contributed by atoms with Gasteiger partial charge in [0.2, 0.25) is 0 Å². The lowest BCUT2D eigenvalue weighted by molar-refractivity contribution is -0.139. The molecule has 0 aliphatic heterocycles. The van der Waals surface area contributed by atoms with Crippen molar-refractivity contribution >= 4 is 5.97 Å². The lowest BCUT2D eigenvalue weighted by Gasteiger charge is -2.26. The number of aliphatic carboxylic acids is 1. The lowest BCUT2D eigenvalue weighted by atomic mass is 10.2. The number of rotatable bonds is 6. The Morgan fingerprint density at radius 1 is 1.46 bits per heavy atom. The summed E-state index contributed by atoms with van der Waals surface area (Å²) in [5.74, 6) is -0.850. The van der Waals surface area contributed by atoms with Crippen molar-refractivity contribution in [2.75, 3.05) is 13.1 Å². The van der Waals surface area contributed by atoms with Crippen molar-refractivity contribution in [2.45, 2.75) is 39.3 Å². The molecule has 1 atom stereocenters. The fraction of sp³-hybridized carbons (Fsp3) is 0.889. The van der Waals surface area contributed by atoms with Crippen LogP contribution in [0.4, 0.5) is 0 Å². The van der Waals surface area contributed by atoms with Crippen LogP contribution < -0.4 is 0 Å². The van der Waals surface area contributed by atoms with E-state index in [1.54, 1.807) is 4.90 Å². The molecule has 0 aromatic heterocycles. The fourth-order valence-corrected chi connectivity index (χ4v) is 1.03. The first-order valence-electron chi connectivity index (χ1n) is 4.61. The molecule has 0 aliphatic carbocycles. The third kappa shape index (κ3) is 5.60. The van der Waals surface area contributed by atoms with E-state index in [0.717, 1.165) is 0 Å². The minimum absolute atomic E-state index is 0.00523. The SMILES string of the molecule is CCC(O)CN(CC(=O)O)C(C)C. The topological polar surface area (TPSA) is 60.8 Å². The Labute approximate surface area is 79.2 Å². The van der Waals surface area contributed by atoms with Gasteiger partial charge in [-0.2, -0.15) is 0 Å². The number of nitrogens with zero attached hydrogens (tertiary/aromatic N) is 1. The average Bonchev–Trinajstić information content (AvgIpc) is 2.02. The van der Waals surface area contributed by atoms with Gasteiger partial charge in [-0.1, -0.05) is 6.92 Å². The summed E-state index contributed by atoms with van der Waals surface area (Å²) in [5, 5.41) is 18.0. The van der Waals surface area contributed by atoms with Crippen molar-refractivity contribution in [3.05, 3.63) is 0 Å². The summed E-state index contributed by atoms with van der Waals surface area (Å²) >= 11 is 0. The first-order chi connectivity index (χ1) is 5.97. The highest BCUT2D eigenvalue weighted by molar-refractivity contribution is 5.69. The smallest absolute Gasteiger partial charge is 0.317 e. The fourth-order valence-electron chi connectivity index (χ4n) is 1.03. The molecule has 0 spiro atoms. The molecule has 0 aromatic rings. The molecule has 0 saturated carbocycles. The zero-order valence-corrected chi connectivity index (χ0v) is 8.53. The molecule has 0 aliphatic rings. The Bertz CT molecular complexity index is 159. The van der Waals surface area contributed by atoms with Gasteiger partial charge < -0.3 is 10.2 Å². The van der Waals surface area contributed by atoms with Gasteiger partial charge in [-0.25, -0.2) is 0 Å². The van der Waals surface area contributed by atoms with Crippen LogP contribution in [0.1, 0.15) is 27.2 Å². The Hall–Kier alpha value is -0.610. The van der Waals surface area contributed by atoms with E-state index in [2.05, 4.69) is 0 Å². The summed E-state index contributed by atoms with van der Waals surface area (Å²) in [5.41, 5.74) is 0. The maximum absolute atomic E-state index is 10.5. The molecule has 1 unspecified atom stereocenters. The first-order valence-corrected chi connectivity index (χ1v) is 4.61. The highest BCUT2D eigenvalue weighted by Gasteiger charge is 2.15. The molecule has 0 rings (SSSR count). The van der Waals surface area contributed by atoms with E-state index < -0.39 is 12.1 Å². The van der Waals surface area contributed by atoms with Gasteiger partial charge in [0, 0.05) is 12.6 Å². The average molecular weight is 189 g/mol. The summed E-state index contributed by atoms with van der Waals surface area (Å²) < 4.78 is 0. The second kappa shape index (κ2) is 5.94. The molecule has 0 radical (unpaired) electrons. The molecular weight excluding hydrogens is 170 g/mol. The standard InChI is InChI=1S/C9H19NO3/c1-4-8(11)5-10(7(2)3)6-9(12)13/h7-8,11H,4-6H2,1-3H3,(H,12,13). The maximum Gasteiger partial charge on any atom is 0.317 e. The molecule has 0 saturated heterocycles. The van der Waals surface area contributed by atoms with E-state index in [1.165, 1.54) is 0 Å². The van der Waals surface area contributed by atoms with Crippen LogP contribution in [0.15, 0.2) is 0 Å². The van der Waals surface area contributed by atoms with E-state index >= 15 is 0 Å². The second-order valence-electron chi connectivity index (χ2n) is 3.48. The molecule has 13 heavy (non-hydrogen) atoms. The van der Waals surface area contributed by atoms with Crippen LogP contribution >= 0.6 is 0 Å². The minimum Gasteiger partial charge on any atom is -0.480 e. The van der Waals surface area contributed by atoms with Crippen molar-refractivity contribution in [3.8, 4) is 0 Å². The molecule has 4 nitrogen and oxygen atoms in total. The van der Waals surface area contributed by atoms with Crippen LogP contribution in [0.25, 0.3) is 0 Å². The van der Waals surface area contributed by atoms with Gasteiger partial charge in [0.25, 0.3) is 0 Å². The second-order valence-corrected chi connectivity index (χ2v) is 3.48. The highest BCUT2D eigenvalue weighted by Crippen LogP contribution is 2.01. The van der Waals surface area contributed by atoms with Crippen LogP contribution in [0.5, 0.6) is 0 Å². The van der Waals surface area contributed by atoms with Crippen LogP contribution in [0, 0.1) is 0 Å². The Morgan fingerprint density at radius 3 is 2.31 bits per heavy atom. The van der Waals surface area contributed by atoms with Gasteiger partial charge in [0.1, 0.15) is 0 Å². The molecule has 0 fully saturated rings. The molecule has 0 heterocycles. The summed E-state index contributed by atoms with van der Waals surface area (Å²) in [6, 6.07) is 0.150. The number of carbonyl (C=O) groups is 1. The number of aliphatic hydroxyl groups excluding tert-OH is 1. The Balaban J connectivity index is 4.02. The van der Waals surface area contributed by atoms with E-state index in [1.807, 2.05) is 20.8 Å². The molecule has 2 N–H and O–H groups in total. The van der Waals surface area contributed by atoms with Crippen LogP contribution in [-0.2, 0) is 4.79 Å². The van der Waals surface area contributed by atoms with Gasteiger partial charge in [-0.05, 0) is 20.3 Å². The predicted molar refractivity (Wildman–Crippen MR) is 50.6 cm³/mol. The Morgan fingerprint density at radius 2 is 2.00 bits per heavy atom. The minimum atomic E-state index is -0.850. The zero-order valence-electron chi connectivity index (χ0n) is 8.53. The third-order valence-electron chi connectivity index (χ3n) is 1.99. The van der Waals surface area contributed by atoms with Gasteiger partial charge in [-0.3, -0.25) is 9.69 Å². The number of hydrogen-bond acceptors (Lipinski definition) is 3. The summed E-state index contributed by atoms with van der Waals surface area (Å²) in [7, 11) is 0. The van der Waals surface area contributed by atoms with E-state index in [-0.39, 0.29) is 12.6 Å². The van der Waals surface area contributed by atoms with Crippen molar-refractivity contribution in [1.82, 2.24) is 4.90 Å². The van der Waals surface area contributed by atoms with E-state index in [0.29, 0.717) is 13.0 Å². The molecule has 78 valence electrons. The van der Waals surface area contributed by atoms with Crippen LogP contribution in [-0.4, -0.2) is 46.3 Å². The Kier molecular flexibility index (Phi) is 5.66. The number of aliphatic hydroxyl groups is 1. The van der Waals surface area contributed by atoms with Crippen LogP contribution in [0.3, 0.4) is 0 Å². The quantitative estimate of drug-likeness (QED) is 0.640. The number of carboxylic acid groups (broad SMARTS) is 1. The highest BCUT2D eigenvalue weighted by atomic mass is 16.4. The number of carboxylic acids is 1. The molecule has 4 heteroatoms. The molecule has 0 bridgehead atoms. The van der Waals surface area contributed by atoms with Crippen LogP contribution in [0.2, 0.25) is 0 Å². The maximum atomic E-state index is 10.5. The molecule has 0 amide bonds. The lowest BCUT2D eigenvalue weighted by Crippen LogP contribution is -2.40.